The Bertz CT molecular complexity index is 1050. The molecule has 0 bridgehead atoms. The van der Waals surface area contributed by atoms with Crippen LogP contribution < -0.4 is 15.0 Å². The molecule has 7 nitrogen and oxygen atoms in total. The van der Waals surface area contributed by atoms with E-state index in [1.54, 1.807) is 32.7 Å². The van der Waals surface area contributed by atoms with Crippen molar-refractivity contribution in [2.24, 2.45) is 0 Å². The third-order valence-corrected chi connectivity index (χ3v) is 5.51. The van der Waals surface area contributed by atoms with Crippen molar-refractivity contribution in [1.29, 1.82) is 0 Å². The van der Waals surface area contributed by atoms with Crippen LogP contribution in [0.5, 0.6) is 11.5 Å². The number of piperidine rings is 1. The minimum Gasteiger partial charge on any atom is -0.497 e. The van der Waals surface area contributed by atoms with E-state index in [1.165, 1.54) is 0 Å². The normalized spacial score (nSPS) is 16.9. The molecule has 4 rings (SSSR count). The number of rotatable bonds is 6. The predicted molar refractivity (Wildman–Crippen MR) is 115 cm³/mol. The zero-order valence-electron chi connectivity index (χ0n) is 17.3. The molecular weight excluding hydrogens is 380 g/mol. The molecule has 1 fully saturated rings. The molecule has 156 valence electrons. The Morgan fingerprint density at radius 3 is 2.83 bits per heavy atom. The standard InChI is InChI=1S/C23H26N4O3/c1-29-18-8-9-21(30-2)17(12-18)15-27-11-4-3-7-20(27)19-13-22(28)26-23(25-19)16-6-5-10-24-14-16/h5-6,8-10,12-14,20H,3-4,7,11,15H2,1-2H3,(H,25,26,28)/t20-/m1/s1. The van der Waals surface area contributed by atoms with Gasteiger partial charge in [-0.1, -0.05) is 6.42 Å². The van der Waals surface area contributed by atoms with Gasteiger partial charge in [-0.2, -0.15) is 0 Å². The molecule has 0 saturated carbocycles. The summed E-state index contributed by atoms with van der Waals surface area (Å²) in [4.78, 5) is 26.6. The molecule has 1 aliphatic rings. The number of likely N-dealkylation sites (tertiary alicyclic amines) is 1. The maximum Gasteiger partial charge on any atom is 0.251 e. The molecule has 1 atom stereocenters. The number of benzene rings is 1. The highest BCUT2D eigenvalue weighted by molar-refractivity contribution is 5.52. The molecule has 3 aromatic rings. The molecule has 0 radical (unpaired) electrons. The highest BCUT2D eigenvalue weighted by Gasteiger charge is 2.27. The lowest BCUT2D eigenvalue weighted by Crippen LogP contribution is -2.34. The number of aromatic amines is 1. The molecule has 0 aliphatic carbocycles. The Kier molecular flexibility index (Phi) is 6.09. The molecule has 1 aliphatic heterocycles. The van der Waals surface area contributed by atoms with Crippen LogP contribution in [-0.2, 0) is 6.54 Å². The van der Waals surface area contributed by atoms with Gasteiger partial charge in [-0.05, 0) is 49.7 Å². The Morgan fingerprint density at radius 2 is 2.07 bits per heavy atom. The summed E-state index contributed by atoms with van der Waals surface area (Å²) in [5.74, 6) is 2.18. The van der Waals surface area contributed by atoms with E-state index < -0.39 is 0 Å². The van der Waals surface area contributed by atoms with E-state index in [1.807, 2.05) is 30.3 Å². The summed E-state index contributed by atoms with van der Waals surface area (Å²) in [6.07, 6.45) is 6.58. The number of nitrogens with one attached hydrogen (secondary N) is 1. The summed E-state index contributed by atoms with van der Waals surface area (Å²) in [6, 6.07) is 11.3. The molecule has 7 heteroatoms. The minimum absolute atomic E-state index is 0.0624. The van der Waals surface area contributed by atoms with Crippen LogP contribution in [0.4, 0.5) is 0 Å². The summed E-state index contributed by atoms with van der Waals surface area (Å²) in [7, 11) is 3.34. The van der Waals surface area contributed by atoms with E-state index in [4.69, 9.17) is 14.5 Å². The highest BCUT2D eigenvalue weighted by atomic mass is 16.5. The average molecular weight is 406 g/mol. The van der Waals surface area contributed by atoms with E-state index in [2.05, 4.69) is 14.9 Å². The monoisotopic (exact) mass is 406 g/mol. The second kappa shape index (κ2) is 9.09. The number of methoxy groups -OCH3 is 2. The van der Waals surface area contributed by atoms with E-state index in [0.29, 0.717) is 12.4 Å². The first-order valence-electron chi connectivity index (χ1n) is 10.1. The Hall–Kier alpha value is -3.19. The summed E-state index contributed by atoms with van der Waals surface area (Å²) in [6.45, 7) is 1.63. The lowest BCUT2D eigenvalue weighted by Gasteiger charge is -2.35. The second-order valence-electron chi connectivity index (χ2n) is 7.42. The van der Waals surface area contributed by atoms with E-state index in [9.17, 15) is 4.79 Å². The van der Waals surface area contributed by atoms with E-state index in [0.717, 1.165) is 54.1 Å². The van der Waals surface area contributed by atoms with Crippen molar-refractivity contribution in [3.8, 4) is 22.9 Å². The van der Waals surface area contributed by atoms with Gasteiger partial charge in [0.25, 0.3) is 5.56 Å². The van der Waals surface area contributed by atoms with Gasteiger partial charge in [-0.3, -0.25) is 14.7 Å². The summed E-state index contributed by atoms with van der Waals surface area (Å²) in [5.41, 5.74) is 2.50. The lowest BCUT2D eigenvalue weighted by molar-refractivity contribution is 0.135. The van der Waals surface area contributed by atoms with Gasteiger partial charge in [0, 0.05) is 36.1 Å². The van der Waals surface area contributed by atoms with Gasteiger partial charge in [0.1, 0.15) is 17.3 Å². The molecule has 30 heavy (non-hydrogen) atoms. The summed E-state index contributed by atoms with van der Waals surface area (Å²) >= 11 is 0. The van der Waals surface area contributed by atoms with Crippen molar-refractivity contribution in [3.63, 3.8) is 0 Å². The van der Waals surface area contributed by atoms with Crippen LogP contribution in [0.3, 0.4) is 0 Å². The van der Waals surface area contributed by atoms with Crippen molar-refractivity contribution in [1.82, 2.24) is 19.9 Å². The predicted octanol–water partition coefficient (Wildman–Crippen LogP) is 3.58. The zero-order chi connectivity index (χ0) is 20.9. The third-order valence-electron chi connectivity index (χ3n) is 5.51. The Balaban J connectivity index is 1.67. The molecule has 2 aromatic heterocycles. The van der Waals surface area contributed by atoms with E-state index in [-0.39, 0.29) is 11.6 Å². The maximum absolute atomic E-state index is 12.4. The number of hydrogen-bond acceptors (Lipinski definition) is 6. The first-order chi connectivity index (χ1) is 14.7. The van der Waals surface area contributed by atoms with Gasteiger partial charge in [-0.25, -0.2) is 4.98 Å². The number of pyridine rings is 1. The molecule has 1 aromatic carbocycles. The van der Waals surface area contributed by atoms with Crippen molar-refractivity contribution in [2.75, 3.05) is 20.8 Å². The highest BCUT2D eigenvalue weighted by Crippen LogP contribution is 2.34. The molecule has 1 N–H and O–H groups in total. The van der Waals surface area contributed by atoms with Crippen LogP contribution in [0.2, 0.25) is 0 Å². The van der Waals surface area contributed by atoms with Gasteiger partial charge < -0.3 is 14.5 Å². The zero-order valence-corrected chi connectivity index (χ0v) is 17.3. The number of hydrogen-bond donors (Lipinski definition) is 1. The van der Waals surface area contributed by atoms with E-state index >= 15 is 0 Å². The van der Waals surface area contributed by atoms with Crippen LogP contribution in [0.25, 0.3) is 11.4 Å². The minimum atomic E-state index is -0.150. The topological polar surface area (TPSA) is 80.3 Å². The molecular formula is C23H26N4O3. The van der Waals surface area contributed by atoms with Crippen LogP contribution >= 0.6 is 0 Å². The first kappa shape index (κ1) is 20.1. The van der Waals surface area contributed by atoms with Crippen LogP contribution in [-0.4, -0.2) is 40.6 Å². The lowest BCUT2D eigenvalue weighted by atomic mass is 9.98. The van der Waals surface area contributed by atoms with Crippen molar-refractivity contribution in [3.05, 3.63) is 70.4 Å². The first-order valence-corrected chi connectivity index (χ1v) is 10.1. The largest absolute Gasteiger partial charge is 0.497 e. The maximum atomic E-state index is 12.4. The number of ether oxygens (including phenoxy) is 2. The fourth-order valence-corrected chi connectivity index (χ4v) is 4.03. The van der Waals surface area contributed by atoms with Crippen molar-refractivity contribution in [2.45, 2.75) is 31.8 Å². The van der Waals surface area contributed by atoms with Gasteiger partial charge in [0.15, 0.2) is 0 Å². The molecule has 0 amide bonds. The van der Waals surface area contributed by atoms with Crippen LogP contribution in [0.1, 0.15) is 36.6 Å². The quantitative estimate of drug-likeness (QED) is 0.674. The number of aromatic nitrogens is 3. The van der Waals surface area contributed by atoms with Crippen LogP contribution in [0, 0.1) is 0 Å². The Morgan fingerprint density at radius 1 is 1.17 bits per heavy atom. The molecule has 3 heterocycles. The fourth-order valence-electron chi connectivity index (χ4n) is 4.03. The number of H-pyrrole nitrogens is 1. The van der Waals surface area contributed by atoms with Gasteiger partial charge in [-0.15, -0.1) is 0 Å². The average Bonchev–Trinajstić information content (AvgIpc) is 2.79. The summed E-state index contributed by atoms with van der Waals surface area (Å²) < 4.78 is 11.0. The SMILES string of the molecule is COc1ccc(OC)c(CN2CCCC[C@@H]2c2cc(=O)[nH]c(-c3cccnc3)n2)c1. The smallest absolute Gasteiger partial charge is 0.251 e. The third kappa shape index (κ3) is 4.36. The second-order valence-corrected chi connectivity index (χ2v) is 7.42. The Labute approximate surface area is 175 Å². The fraction of sp³-hybridized carbons (Fsp3) is 0.348. The summed E-state index contributed by atoms with van der Waals surface area (Å²) in [5, 5.41) is 0. The molecule has 0 unspecified atom stereocenters. The van der Waals surface area contributed by atoms with Crippen LogP contribution in [0.15, 0.2) is 53.6 Å². The van der Waals surface area contributed by atoms with Crippen molar-refractivity contribution >= 4 is 0 Å². The molecule has 0 spiro atoms. The molecule has 1 saturated heterocycles. The van der Waals surface area contributed by atoms with Gasteiger partial charge in [0.2, 0.25) is 0 Å². The number of nitrogens with zero attached hydrogens (tertiary/aromatic N) is 3. The van der Waals surface area contributed by atoms with Gasteiger partial charge in [0.05, 0.1) is 26.0 Å². The van der Waals surface area contributed by atoms with Gasteiger partial charge >= 0.3 is 0 Å². The van der Waals surface area contributed by atoms with Crippen molar-refractivity contribution < 1.29 is 9.47 Å².